The summed E-state index contributed by atoms with van der Waals surface area (Å²) < 4.78 is -1.93. The summed E-state index contributed by atoms with van der Waals surface area (Å²) in [5.74, 6) is -0.884. The third-order valence-electron chi connectivity index (χ3n) is 2.34. The molecule has 0 aliphatic carbocycles. The quantitative estimate of drug-likeness (QED) is 0.326. The Bertz CT molecular complexity index is 736. The lowest BCUT2D eigenvalue weighted by Crippen LogP contribution is -2.13. The highest BCUT2D eigenvalue weighted by Crippen LogP contribution is 2.37. The number of phenolic OH excluding ortho intramolecular Hbond substituents is 1. The molecule has 22 heavy (non-hydrogen) atoms. The summed E-state index contributed by atoms with van der Waals surface area (Å²) in [5, 5.41) is 23.0. The van der Waals surface area contributed by atoms with Gasteiger partial charge in [0.2, 0.25) is 15.7 Å². The van der Waals surface area contributed by atoms with Crippen LogP contribution in [0.1, 0.15) is 5.82 Å². The molecule has 1 aromatic heterocycles. The molecular formula is C10H7Cl3N6O3. The Kier molecular flexibility index (Phi) is 4.40. The molecule has 0 radical (unpaired) electrons. The number of aromatic hydroxyl groups is 1. The van der Waals surface area contributed by atoms with Gasteiger partial charge in [-0.1, -0.05) is 34.8 Å². The van der Waals surface area contributed by atoms with E-state index in [9.17, 15) is 15.2 Å². The largest absolute Gasteiger partial charge is 0.506 e. The SMILES string of the molecule is Nc1nc(Nc2cc([N+](=O)[O-])ccc2O)nc(C(Cl)(Cl)Cl)n1. The van der Waals surface area contributed by atoms with Gasteiger partial charge in [-0.2, -0.15) is 15.0 Å². The van der Waals surface area contributed by atoms with E-state index in [2.05, 4.69) is 20.3 Å². The van der Waals surface area contributed by atoms with Crippen LogP contribution in [0.15, 0.2) is 18.2 Å². The number of aromatic nitrogens is 3. The Morgan fingerprint density at radius 3 is 2.55 bits per heavy atom. The zero-order valence-corrected chi connectivity index (χ0v) is 12.8. The number of nitrogens with zero attached hydrogens (tertiary/aromatic N) is 4. The normalized spacial score (nSPS) is 11.2. The second-order valence-corrected chi connectivity index (χ2v) is 6.20. The van der Waals surface area contributed by atoms with Gasteiger partial charge < -0.3 is 16.2 Å². The molecule has 0 saturated heterocycles. The first kappa shape index (κ1) is 16.3. The molecule has 0 saturated carbocycles. The maximum Gasteiger partial charge on any atom is 0.271 e. The molecule has 12 heteroatoms. The number of nitro groups is 1. The zero-order valence-electron chi connectivity index (χ0n) is 10.5. The maximum absolute atomic E-state index is 10.7. The van der Waals surface area contributed by atoms with Crippen molar-refractivity contribution in [2.75, 3.05) is 11.1 Å². The molecule has 0 unspecified atom stereocenters. The van der Waals surface area contributed by atoms with E-state index in [0.717, 1.165) is 18.2 Å². The fourth-order valence-electron chi connectivity index (χ4n) is 1.43. The van der Waals surface area contributed by atoms with Gasteiger partial charge in [-0.3, -0.25) is 10.1 Å². The lowest BCUT2D eigenvalue weighted by atomic mass is 10.2. The minimum atomic E-state index is -1.93. The third-order valence-corrected chi connectivity index (χ3v) is 2.85. The molecule has 116 valence electrons. The van der Waals surface area contributed by atoms with Crippen molar-refractivity contribution in [3.05, 3.63) is 34.1 Å². The first-order valence-corrected chi connectivity index (χ1v) is 6.63. The third kappa shape index (κ3) is 3.75. The number of nitro benzene ring substituents is 1. The molecule has 1 aromatic carbocycles. The summed E-state index contributed by atoms with van der Waals surface area (Å²) in [6.45, 7) is 0. The van der Waals surface area contributed by atoms with Gasteiger partial charge in [0.1, 0.15) is 5.75 Å². The van der Waals surface area contributed by atoms with Crippen LogP contribution >= 0.6 is 34.8 Å². The van der Waals surface area contributed by atoms with Gasteiger partial charge in [0, 0.05) is 12.1 Å². The first-order chi connectivity index (χ1) is 10.2. The van der Waals surface area contributed by atoms with E-state index in [4.69, 9.17) is 40.5 Å². The van der Waals surface area contributed by atoms with E-state index in [1.807, 2.05) is 0 Å². The summed E-state index contributed by atoms with van der Waals surface area (Å²) >= 11 is 17.0. The van der Waals surface area contributed by atoms with Crippen LogP contribution in [0.3, 0.4) is 0 Å². The Balaban J connectivity index is 2.41. The number of phenols is 1. The highest BCUT2D eigenvalue weighted by atomic mass is 35.6. The number of benzene rings is 1. The van der Waals surface area contributed by atoms with Gasteiger partial charge in [0.25, 0.3) is 5.69 Å². The Hall–Kier alpha value is -2.10. The molecule has 2 rings (SSSR count). The van der Waals surface area contributed by atoms with Crippen molar-refractivity contribution in [1.29, 1.82) is 0 Å². The predicted molar refractivity (Wildman–Crippen MR) is 81.5 cm³/mol. The van der Waals surface area contributed by atoms with Crippen molar-refractivity contribution >= 4 is 58.1 Å². The smallest absolute Gasteiger partial charge is 0.271 e. The maximum atomic E-state index is 10.7. The van der Waals surface area contributed by atoms with E-state index in [-0.39, 0.29) is 34.8 Å². The van der Waals surface area contributed by atoms with Crippen LogP contribution in [0.5, 0.6) is 5.75 Å². The molecule has 4 N–H and O–H groups in total. The molecule has 0 atom stereocenters. The molecule has 1 heterocycles. The number of rotatable bonds is 3. The lowest BCUT2D eigenvalue weighted by molar-refractivity contribution is -0.384. The number of nitrogen functional groups attached to an aromatic ring is 1. The molecule has 0 spiro atoms. The van der Waals surface area contributed by atoms with Crippen LogP contribution in [0.25, 0.3) is 0 Å². The fourth-order valence-corrected chi connectivity index (χ4v) is 1.69. The van der Waals surface area contributed by atoms with Crippen molar-refractivity contribution in [1.82, 2.24) is 15.0 Å². The van der Waals surface area contributed by atoms with E-state index < -0.39 is 8.72 Å². The summed E-state index contributed by atoms with van der Waals surface area (Å²) in [6, 6.07) is 3.36. The number of non-ortho nitro benzene ring substituents is 1. The zero-order chi connectivity index (χ0) is 16.5. The van der Waals surface area contributed by atoms with Gasteiger partial charge in [0.05, 0.1) is 10.6 Å². The van der Waals surface area contributed by atoms with Gasteiger partial charge in [-0.15, -0.1) is 0 Å². The minimum Gasteiger partial charge on any atom is -0.506 e. The van der Waals surface area contributed by atoms with Crippen molar-refractivity contribution in [3.8, 4) is 5.75 Å². The Labute approximate surface area is 138 Å². The average molecular weight is 366 g/mol. The Morgan fingerprint density at radius 1 is 1.27 bits per heavy atom. The van der Waals surface area contributed by atoms with Crippen LogP contribution in [0.2, 0.25) is 0 Å². The van der Waals surface area contributed by atoms with Crippen LogP contribution in [0.4, 0.5) is 23.3 Å². The molecule has 0 aliphatic heterocycles. The molecule has 0 bridgehead atoms. The summed E-state index contributed by atoms with van der Waals surface area (Å²) in [5.41, 5.74) is 5.21. The topological polar surface area (TPSA) is 140 Å². The van der Waals surface area contributed by atoms with E-state index in [0.29, 0.717) is 0 Å². The van der Waals surface area contributed by atoms with Crippen molar-refractivity contribution < 1.29 is 10.0 Å². The number of alkyl halides is 3. The highest BCUT2D eigenvalue weighted by molar-refractivity contribution is 6.66. The lowest BCUT2D eigenvalue weighted by Gasteiger charge is -2.12. The number of halogens is 3. The van der Waals surface area contributed by atoms with E-state index >= 15 is 0 Å². The number of anilines is 3. The number of hydrogen-bond acceptors (Lipinski definition) is 8. The molecule has 2 aromatic rings. The predicted octanol–water partition coefficient (Wildman–Crippen LogP) is 2.64. The van der Waals surface area contributed by atoms with Crippen molar-refractivity contribution in [3.63, 3.8) is 0 Å². The van der Waals surface area contributed by atoms with Gasteiger partial charge in [-0.05, 0) is 6.07 Å². The minimum absolute atomic E-state index is 0.0185. The number of hydrogen-bond donors (Lipinski definition) is 3. The van der Waals surface area contributed by atoms with Crippen molar-refractivity contribution in [2.45, 2.75) is 3.79 Å². The van der Waals surface area contributed by atoms with E-state index in [1.165, 1.54) is 0 Å². The monoisotopic (exact) mass is 364 g/mol. The van der Waals surface area contributed by atoms with Crippen molar-refractivity contribution in [2.24, 2.45) is 0 Å². The first-order valence-electron chi connectivity index (χ1n) is 5.50. The van der Waals surface area contributed by atoms with Gasteiger partial charge in [-0.25, -0.2) is 0 Å². The standard InChI is InChI=1S/C10H7Cl3N6O3/c11-10(12,13)7-16-8(14)18-9(17-7)15-5-3-4(19(21)22)1-2-6(5)20/h1-3,20H,(H3,14,15,16,17,18). The van der Waals surface area contributed by atoms with Crippen LogP contribution in [-0.2, 0) is 3.79 Å². The van der Waals surface area contributed by atoms with E-state index in [1.54, 1.807) is 0 Å². The van der Waals surface area contributed by atoms with Gasteiger partial charge in [0.15, 0.2) is 5.82 Å². The highest BCUT2D eigenvalue weighted by Gasteiger charge is 2.28. The fraction of sp³-hybridized carbons (Fsp3) is 0.100. The number of nitrogens with two attached hydrogens (primary N) is 1. The van der Waals surface area contributed by atoms with Crippen LogP contribution in [-0.4, -0.2) is 25.0 Å². The van der Waals surface area contributed by atoms with Gasteiger partial charge >= 0.3 is 0 Å². The molecule has 0 fully saturated rings. The summed E-state index contributed by atoms with van der Waals surface area (Å²) in [6.07, 6.45) is 0. The Morgan fingerprint density at radius 2 is 1.95 bits per heavy atom. The average Bonchev–Trinajstić information content (AvgIpc) is 2.39. The number of nitrogens with one attached hydrogen (secondary N) is 1. The summed E-state index contributed by atoms with van der Waals surface area (Å²) in [4.78, 5) is 21.3. The molecule has 9 nitrogen and oxygen atoms in total. The second kappa shape index (κ2) is 5.95. The molecule has 0 amide bonds. The van der Waals surface area contributed by atoms with Crippen LogP contribution in [0, 0.1) is 10.1 Å². The molecular weight excluding hydrogens is 359 g/mol. The van der Waals surface area contributed by atoms with Crippen LogP contribution < -0.4 is 11.1 Å². The summed E-state index contributed by atoms with van der Waals surface area (Å²) in [7, 11) is 0. The molecule has 0 aliphatic rings. The second-order valence-electron chi connectivity index (χ2n) is 3.92.